The van der Waals surface area contributed by atoms with E-state index in [9.17, 15) is 4.39 Å². The predicted molar refractivity (Wildman–Crippen MR) is 64.1 cm³/mol. The summed E-state index contributed by atoms with van der Waals surface area (Å²) in [6.07, 6.45) is 1.32. The van der Waals surface area contributed by atoms with Gasteiger partial charge in [-0.3, -0.25) is 4.98 Å². The molecule has 0 amide bonds. The number of halogens is 3. The second kappa shape index (κ2) is 4.28. The molecule has 2 rings (SSSR count). The molecule has 0 saturated carbocycles. The summed E-state index contributed by atoms with van der Waals surface area (Å²) in [6.45, 7) is 0. The van der Waals surface area contributed by atoms with Crippen LogP contribution in [0.1, 0.15) is 0 Å². The van der Waals surface area contributed by atoms with Gasteiger partial charge in [-0.05, 0) is 12.1 Å². The van der Waals surface area contributed by atoms with Crippen LogP contribution in [0.3, 0.4) is 0 Å². The van der Waals surface area contributed by atoms with Crippen molar-refractivity contribution in [3.8, 4) is 11.3 Å². The molecule has 0 aliphatic heterocycles. The molecule has 0 fully saturated rings. The first-order chi connectivity index (χ1) is 7.59. The fourth-order valence-electron chi connectivity index (χ4n) is 1.29. The zero-order chi connectivity index (χ0) is 11.7. The van der Waals surface area contributed by atoms with E-state index in [-0.39, 0.29) is 16.4 Å². The SMILES string of the molecule is Nc1c(Cl)cnc(-c2ccc(Cl)cc2)c1F. The molecule has 1 aromatic carbocycles. The molecule has 1 aromatic heterocycles. The van der Waals surface area contributed by atoms with Crippen molar-refractivity contribution in [2.45, 2.75) is 0 Å². The average Bonchev–Trinajstić information content (AvgIpc) is 2.28. The van der Waals surface area contributed by atoms with Crippen LogP contribution < -0.4 is 5.73 Å². The topological polar surface area (TPSA) is 38.9 Å². The summed E-state index contributed by atoms with van der Waals surface area (Å²) in [5, 5.41) is 0.682. The Balaban J connectivity index is 2.57. The summed E-state index contributed by atoms with van der Waals surface area (Å²) in [5.41, 5.74) is 6.15. The van der Waals surface area contributed by atoms with E-state index in [2.05, 4.69) is 4.98 Å². The van der Waals surface area contributed by atoms with Crippen molar-refractivity contribution in [1.29, 1.82) is 0 Å². The van der Waals surface area contributed by atoms with Gasteiger partial charge in [0.2, 0.25) is 0 Å². The number of pyridine rings is 1. The van der Waals surface area contributed by atoms with Gasteiger partial charge in [0.15, 0.2) is 5.82 Å². The lowest BCUT2D eigenvalue weighted by molar-refractivity contribution is 0.630. The summed E-state index contributed by atoms with van der Waals surface area (Å²) in [7, 11) is 0. The maximum Gasteiger partial charge on any atom is 0.173 e. The quantitative estimate of drug-likeness (QED) is 0.844. The molecule has 0 aliphatic rings. The zero-order valence-corrected chi connectivity index (χ0v) is 9.56. The summed E-state index contributed by atoms with van der Waals surface area (Å²) in [4.78, 5) is 3.91. The molecule has 0 unspecified atom stereocenters. The number of nitrogens with two attached hydrogens (primary N) is 1. The van der Waals surface area contributed by atoms with Crippen LogP contribution in [0.15, 0.2) is 30.5 Å². The van der Waals surface area contributed by atoms with Crippen LogP contribution in [-0.2, 0) is 0 Å². The Labute approximate surface area is 102 Å². The average molecular weight is 257 g/mol. The highest BCUT2D eigenvalue weighted by atomic mass is 35.5. The minimum absolute atomic E-state index is 0.0957. The fraction of sp³-hybridized carbons (Fsp3) is 0. The van der Waals surface area contributed by atoms with Gasteiger partial charge < -0.3 is 5.73 Å². The number of nitrogen functional groups attached to an aromatic ring is 1. The van der Waals surface area contributed by atoms with Gasteiger partial charge in [-0.15, -0.1) is 0 Å². The molecular weight excluding hydrogens is 250 g/mol. The minimum Gasteiger partial charge on any atom is -0.395 e. The summed E-state index contributed by atoms with van der Waals surface area (Å²) in [6, 6.07) is 6.65. The van der Waals surface area contributed by atoms with Crippen molar-refractivity contribution < 1.29 is 4.39 Å². The Morgan fingerprint density at radius 1 is 1.12 bits per heavy atom. The van der Waals surface area contributed by atoms with Crippen LogP contribution in [0.4, 0.5) is 10.1 Å². The molecule has 2 aromatic rings. The molecule has 1 heterocycles. The second-order valence-corrected chi connectivity index (χ2v) is 4.03. The Hall–Kier alpha value is -1.32. The van der Waals surface area contributed by atoms with Crippen molar-refractivity contribution in [1.82, 2.24) is 4.98 Å². The first-order valence-corrected chi connectivity index (χ1v) is 5.20. The number of hydrogen-bond donors (Lipinski definition) is 1. The van der Waals surface area contributed by atoms with Crippen LogP contribution >= 0.6 is 23.2 Å². The minimum atomic E-state index is -0.616. The fourth-order valence-corrected chi connectivity index (χ4v) is 1.55. The number of rotatable bonds is 1. The summed E-state index contributed by atoms with van der Waals surface area (Å²) < 4.78 is 13.7. The lowest BCUT2D eigenvalue weighted by Gasteiger charge is -2.06. The second-order valence-electron chi connectivity index (χ2n) is 3.19. The largest absolute Gasteiger partial charge is 0.395 e. The van der Waals surface area contributed by atoms with Crippen LogP contribution in [0.5, 0.6) is 0 Å². The molecule has 0 aliphatic carbocycles. The monoisotopic (exact) mass is 256 g/mol. The van der Waals surface area contributed by atoms with Crippen LogP contribution in [0, 0.1) is 5.82 Å². The van der Waals surface area contributed by atoms with E-state index in [1.807, 2.05) is 0 Å². The van der Waals surface area contributed by atoms with E-state index in [1.54, 1.807) is 24.3 Å². The van der Waals surface area contributed by atoms with Crippen LogP contribution in [0.2, 0.25) is 10.0 Å². The number of aromatic nitrogens is 1. The number of hydrogen-bond acceptors (Lipinski definition) is 2. The van der Waals surface area contributed by atoms with Gasteiger partial charge in [-0.2, -0.15) is 0 Å². The molecule has 5 heteroatoms. The third-order valence-electron chi connectivity index (χ3n) is 2.13. The van der Waals surface area contributed by atoms with Crippen molar-refractivity contribution in [3.63, 3.8) is 0 Å². The van der Waals surface area contributed by atoms with E-state index in [0.717, 1.165) is 0 Å². The normalized spacial score (nSPS) is 10.4. The Bertz CT molecular complexity index is 526. The summed E-state index contributed by atoms with van der Waals surface area (Å²) >= 11 is 11.4. The van der Waals surface area contributed by atoms with E-state index in [4.69, 9.17) is 28.9 Å². The smallest absolute Gasteiger partial charge is 0.173 e. The number of benzene rings is 1. The van der Waals surface area contributed by atoms with Crippen molar-refractivity contribution >= 4 is 28.9 Å². The molecule has 82 valence electrons. The third kappa shape index (κ3) is 1.96. The van der Waals surface area contributed by atoms with Crippen LogP contribution in [0.25, 0.3) is 11.3 Å². The van der Waals surface area contributed by atoms with Crippen LogP contribution in [-0.4, -0.2) is 4.98 Å². The van der Waals surface area contributed by atoms with Gasteiger partial charge in [0.25, 0.3) is 0 Å². The third-order valence-corrected chi connectivity index (χ3v) is 2.68. The van der Waals surface area contributed by atoms with Gasteiger partial charge in [-0.25, -0.2) is 4.39 Å². The van der Waals surface area contributed by atoms with E-state index < -0.39 is 5.82 Å². The molecule has 2 N–H and O–H groups in total. The van der Waals surface area contributed by atoms with Crippen molar-refractivity contribution in [2.75, 3.05) is 5.73 Å². The van der Waals surface area contributed by atoms with Crippen molar-refractivity contribution in [2.24, 2.45) is 0 Å². The molecule has 0 atom stereocenters. The van der Waals surface area contributed by atoms with E-state index >= 15 is 0 Å². The predicted octanol–water partition coefficient (Wildman–Crippen LogP) is 3.78. The highest BCUT2D eigenvalue weighted by molar-refractivity contribution is 6.33. The van der Waals surface area contributed by atoms with Crippen molar-refractivity contribution in [3.05, 3.63) is 46.3 Å². The van der Waals surface area contributed by atoms with E-state index in [1.165, 1.54) is 6.20 Å². The van der Waals surface area contributed by atoms with Gasteiger partial charge >= 0.3 is 0 Å². The first kappa shape index (κ1) is 11.2. The molecular formula is C11H7Cl2FN2. The van der Waals surface area contributed by atoms with Gasteiger partial charge in [0, 0.05) is 16.8 Å². The maximum atomic E-state index is 13.7. The summed E-state index contributed by atoms with van der Waals surface area (Å²) in [5.74, 6) is -0.616. The Morgan fingerprint density at radius 3 is 2.38 bits per heavy atom. The lowest BCUT2D eigenvalue weighted by atomic mass is 10.1. The molecule has 0 spiro atoms. The standard InChI is InChI=1S/C11H7Cl2FN2/c12-7-3-1-6(2-4-7)11-9(14)10(15)8(13)5-16-11/h1-5H,(H2,15,16). The molecule has 0 bridgehead atoms. The Morgan fingerprint density at radius 2 is 1.75 bits per heavy atom. The number of nitrogens with zero attached hydrogens (tertiary/aromatic N) is 1. The zero-order valence-electron chi connectivity index (χ0n) is 8.05. The molecule has 2 nitrogen and oxygen atoms in total. The molecule has 0 radical (unpaired) electrons. The first-order valence-electron chi connectivity index (χ1n) is 4.45. The Kier molecular flexibility index (Phi) is 2.99. The lowest BCUT2D eigenvalue weighted by Crippen LogP contribution is -1.97. The van der Waals surface area contributed by atoms with Gasteiger partial charge in [0.1, 0.15) is 5.69 Å². The number of anilines is 1. The maximum absolute atomic E-state index is 13.7. The van der Waals surface area contributed by atoms with Gasteiger partial charge in [0.05, 0.1) is 10.7 Å². The highest BCUT2D eigenvalue weighted by Gasteiger charge is 2.12. The van der Waals surface area contributed by atoms with E-state index in [0.29, 0.717) is 10.6 Å². The molecule has 0 saturated heterocycles. The molecule has 16 heavy (non-hydrogen) atoms. The highest BCUT2D eigenvalue weighted by Crippen LogP contribution is 2.29. The van der Waals surface area contributed by atoms with Gasteiger partial charge in [-0.1, -0.05) is 35.3 Å².